The number of aryl methyl sites for hydroxylation is 1. The van der Waals surface area contributed by atoms with E-state index in [0.717, 1.165) is 17.0 Å². The lowest BCUT2D eigenvalue weighted by atomic mass is 10.2. The highest BCUT2D eigenvalue weighted by atomic mass is 16.5. The standard InChI is InChI=1S/C15H17NO3/c1-11-4-3-5-13(16-11)10-19-14-7-6-12(9-17)8-15(14)18-2/h3-8,17H,9-10H2,1-2H3. The second-order valence-electron chi connectivity index (χ2n) is 4.20. The van der Waals surface area contributed by atoms with Crippen molar-refractivity contribution in [3.63, 3.8) is 0 Å². The summed E-state index contributed by atoms with van der Waals surface area (Å²) in [6, 6.07) is 11.2. The van der Waals surface area contributed by atoms with E-state index < -0.39 is 0 Å². The Morgan fingerprint density at radius 1 is 1.16 bits per heavy atom. The molecule has 1 aromatic carbocycles. The van der Waals surface area contributed by atoms with E-state index in [1.807, 2.05) is 31.2 Å². The zero-order valence-electron chi connectivity index (χ0n) is 11.1. The number of benzene rings is 1. The Hall–Kier alpha value is -2.07. The van der Waals surface area contributed by atoms with E-state index in [0.29, 0.717) is 18.1 Å². The summed E-state index contributed by atoms with van der Waals surface area (Å²) in [5.74, 6) is 1.25. The highest BCUT2D eigenvalue weighted by Gasteiger charge is 2.06. The first-order valence-electron chi connectivity index (χ1n) is 6.06. The highest BCUT2D eigenvalue weighted by molar-refractivity contribution is 5.42. The largest absolute Gasteiger partial charge is 0.493 e. The zero-order chi connectivity index (χ0) is 13.7. The van der Waals surface area contributed by atoms with Gasteiger partial charge in [-0.15, -0.1) is 0 Å². The number of aromatic nitrogens is 1. The number of nitrogens with zero attached hydrogens (tertiary/aromatic N) is 1. The SMILES string of the molecule is COc1cc(CO)ccc1OCc1cccc(C)n1. The third-order valence-electron chi connectivity index (χ3n) is 2.73. The molecule has 1 heterocycles. The lowest BCUT2D eigenvalue weighted by Gasteiger charge is -2.11. The van der Waals surface area contributed by atoms with E-state index in [1.54, 1.807) is 19.2 Å². The minimum atomic E-state index is -0.0178. The third kappa shape index (κ3) is 3.45. The molecule has 0 aliphatic carbocycles. The summed E-state index contributed by atoms with van der Waals surface area (Å²) in [5, 5.41) is 9.08. The van der Waals surface area contributed by atoms with Gasteiger partial charge in [0.25, 0.3) is 0 Å². The maximum absolute atomic E-state index is 9.08. The van der Waals surface area contributed by atoms with Gasteiger partial charge in [0.05, 0.1) is 19.4 Å². The van der Waals surface area contributed by atoms with Gasteiger partial charge in [0.1, 0.15) is 6.61 Å². The molecule has 2 rings (SSSR count). The summed E-state index contributed by atoms with van der Waals surface area (Å²) in [6.07, 6.45) is 0. The van der Waals surface area contributed by atoms with Crippen molar-refractivity contribution in [2.45, 2.75) is 20.1 Å². The number of pyridine rings is 1. The fourth-order valence-electron chi connectivity index (χ4n) is 1.76. The molecule has 4 heteroatoms. The predicted octanol–water partition coefficient (Wildman–Crippen LogP) is 2.47. The molecule has 1 N–H and O–H groups in total. The first-order valence-corrected chi connectivity index (χ1v) is 6.06. The van der Waals surface area contributed by atoms with Crippen LogP contribution < -0.4 is 9.47 Å². The second kappa shape index (κ2) is 6.20. The molecule has 0 aliphatic heterocycles. The van der Waals surface area contributed by atoms with E-state index in [9.17, 15) is 0 Å². The first-order chi connectivity index (χ1) is 9.22. The lowest BCUT2D eigenvalue weighted by molar-refractivity contribution is 0.272. The molecule has 100 valence electrons. The van der Waals surface area contributed by atoms with E-state index in [2.05, 4.69) is 4.98 Å². The van der Waals surface area contributed by atoms with Gasteiger partial charge in [-0.3, -0.25) is 4.98 Å². The van der Waals surface area contributed by atoms with Crippen LogP contribution in [0.15, 0.2) is 36.4 Å². The van der Waals surface area contributed by atoms with Gasteiger partial charge in [-0.1, -0.05) is 12.1 Å². The van der Waals surface area contributed by atoms with Crippen LogP contribution in [-0.2, 0) is 13.2 Å². The minimum absolute atomic E-state index is 0.0178. The summed E-state index contributed by atoms with van der Waals surface area (Å²) in [7, 11) is 1.58. The van der Waals surface area contributed by atoms with Gasteiger partial charge in [0.2, 0.25) is 0 Å². The van der Waals surface area contributed by atoms with Crippen LogP contribution in [0, 0.1) is 6.92 Å². The van der Waals surface area contributed by atoms with Crippen molar-refractivity contribution in [2.24, 2.45) is 0 Å². The number of aliphatic hydroxyl groups excluding tert-OH is 1. The Balaban J connectivity index is 2.11. The molecule has 0 amide bonds. The monoisotopic (exact) mass is 259 g/mol. The van der Waals surface area contributed by atoms with Gasteiger partial charge in [0.15, 0.2) is 11.5 Å². The van der Waals surface area contributed by atoms with E-state index >= 15 is 0 Å². The van der Waals surface area contributed by atoms with Crippen LogP contribution in [0.1, 0.15) is 17.0 Å². The maximum atomic E-state index is 9.08. The molecule has 4 nitrogen and oxygen atoms in total. The molecule has 0 saturated heterocycles. The van der Waals surface area contributed by atoms with E-state index in [1.165, 1.54) is 0 Å². The van der Waals surface area contributed by atoms with Gasteiger partial charge >= 0.3 is 0 Å². The fourth-order valence-corrected chi connectivity index (χ4v) is 1.76. The summed E-state index contributed by atoms with van der Waals surface area (Å²) < 4.78 is 10.9. The van der Waals surface area contributed by atoms with Crippen molar-refractivity contribution in [2.75, 3.05) is 7.11 Å². The van der Waals surface area contributed by atoms with Crippen LogP contribution in [0.2, 0.25) is 0 Å². The maximum Gasteiger partial charge on any atom is 0.161 e. The van der Waals surface area contributed by atoms with Crippen LogP contribution in [0.5, 0.6) is 11.5 Å². The number of hydrogen-bond donors (Lipinski definition) is 1. The van der Waals surface area contributed by atoms with E-state index in [-0.39, 0.29) is 6.61 Å². The first kappa shape index (κ1) is 13.4. The normalized spacial score (nSPS) is 10.3. The van der Waals surface area contributed by atoms with Crippen LogP contribution in [0.25, 0.3) is 0 Å². The number of methoxy groups -OCH3 is 1. The van der Waals surface area contributed by atoms with Crippen molar-refractivity contribution in [3.05, 3.63) is 53.3 Å². The average molecular weight is 259 g/mol. The number of ether oxygens (including phenoxy) is 2. The third-order valence-corrected chi connectivity index (χ3v) is 2.73. The Morgan fingerprint density at radius 3 is 2.68 bits per heavy atom. The molecule has 19 heavy (non-hydrogen) atoms. The van der Waals surface area contributed by atoms with Crippen molar-refractivity contribution >= 4 is 0 Å². The molecular weight excluding hydrogens is 242 g/mol. The summed E-state index contributed by atoms with van der Waals surface area (Å²) >= 11 is 0. The Labute approximate surface area is 112 Å². The van der Waals surface area contributed by atoms with Crippen LogP contribution >= 0.6 is 0 Å². The quantitative estimate of drug-likeness (QED) is 0.896. The molecule has 0 unspecified atom stereocenters. The van der Waals surface area contributed by atoms with Gasteiger partial charge < -0.3 is 14.6 Å². The van der Waals surface area contributed by atoms with Gasteiger partial charge in [0, 0.05) is 5.69 Å². The molecular formula is C15H17NO3. The molecule has 0 spiro atoms. The average Bonchev–Trinajstić information content (AvgIpc) is 2.45. The molecule has 2 aromatic rings. The Bertz CT molecular complexity index is 555. The van der Waals surface area contributed by atoms with Crippen molar-refractivity contribution in [3.8, 4) is 11.5 Å². The molecule has 0 atom stereocenters. The summed E-state index contributed by atoms with van der Waals surface area (Å²) in [5.41, 5.74) is 2.62. The van der Waals surface area contributed by atoms with Gasteiger partial charge in [-0.05, 0) is 36.8 Å². The van der Waals surface area contributed by atoms with E-state index in [4.69, 9.17) is 14.6 Å². The highest BCUT2D eigenvalue weighted by Crippen LogP contribution is 2.28. The smallest absolute Gasteiger partial charge is 0.161 e. The summed E-state index contributed by atoms with van der Waals surface area (Å²) in [4.78, 5) is 4.37. The van der Waals surface area contributed by atoms with Crippen molar-refractivity contribution in [1.29, 1.82) is 0 Å². The fraction of sp³-hybridized carbons (Fsp3) is 0.267. The number of rotatable bonds is 5. The zero-order valence-corrected chi connectivity index (χ0v) is 11.1. The molecule has 0 radical (unpaired) electrons. The Morgan fingerprint density at radius 2 is 2.00 bits per heavy atom. The van der Waals surface area contributed by atoms with Gasteiger partial charge in [-0.2, -0.15) is 0 Å². The predicted molar refractivity (Wildman–Crippen MR) is 72.2 cm³/mol. The van der Waals surface area contributed by atoms with Crippen LogP contribution in [-0.4, -0.2) is 17.2 Å². The minimum Gasteiger partial charge on any atom is -0.493 e. The van der Waals surface area contributed by atoms with Gasteiger partial charge in [-0.25, -0.2) is 0 Å². The molecule has 0 fully saturated rings. The molecule has 0 aliphatic rings. The van der Waals surface area contributed by atoms with Crippen molar-refractivity contribution < 1.29 is 14.6 Å². The molecule has 1 aromatic heterocycles. The molecule has 0 saturated carbocycles. The number of hydrogen-bond acceptors (Lipinski definition) is 4. The van der Waals surface area contributed by atoms with Crippen LogP contribution in [0.4, 0.5) is 0 Å². The summed E-state index contributed by atoms with van der Waals surface area (Å²) in [6.45, 7) is 2.31. The molecule has 0 bridgehead atoms. The van der Waals surface area contributed by atoms with Crippen molar-refractivity contribution in [1.82, 2.24) is 4.98 Å². The lowest BCUT2D eigenvalue weighted by Crippen LogP contribution is -2.01. The topological polar surface area (TPSA) is 51.6 Å². The number of aliphatic hydroxyl groups is 1. The second-order valence-corrected chi connectivity index (χ2v) is 4.20. The Kier molecular flexibility index (Phi) is 4.36. The van der Waals surface area contributed by atoms with Crippen LogP contribution in [0.3, 0.4) is 0 Å².